The van der Waals surface area contributed by atoms with Crippen molar-refractivity contribution in [3.8, 4) is 0 Å². The lowest BCUT2D eigenvalue weighted by molar-refractivity contribution is -0.118. The van der Waals surface area contributed by atoms with Crippen molar-refractivity contribution >= 4 is 45.9 Å². The Morgan fingerprint density at radius 2 is 1.76 bits per heavy atom. The van der Waals surface area contributed by atoms with Gasteiger partial charge in [-0.15, -0.1) is 10.2 Å². The lowest BCUT2D eigenvalue weighted by Crippen LogP contribution is -2.27. The molecule has 150 valence electrons. The monoisotopic (exact) mass is 427 g/mol. The third kappa shape index (κ3) is 7.20. The lowest BCUT2D eigenvalue weighted by atomic mass is 10.1. The first-order valence-corrected chi connectivity index (χ1v) is 10.8. The Morgan fingerprint density at radius 3 is 2.52 bits per heavy atom. The molecule has 3 amide bonds. The highest BCUT2D eigenvalue weighted by molar-refractivity contribution is 8.01. The number of benzene rings is 2. The number of carbonyl (C=O) groups is 2. The zero-order chi connectivity index (χ0) is 20.5. The van der Waals surface area contributed by atoms with E-state index in [2.05, 4.69) is 26.1 Å². The van der Waals surface area contributed by atoms with Crippen molar-refractivity contribution < 1.29 is 9.59 Å². The molecule has 0 aliphatic heterocycles. The maximum absolute atomic E-state index is 12.0. The average Bonchev–Trinajstić information content (AvgIpc) is 3.16. The number of thioether (sulfide) groups is 1. The second-order valence-corrected chi connectivity index (χ2v) is 8.39. The first kappa shape index (κ1) is 20.8. The Hall–Kier alpha value is -2.91. The van der Waals surface area contributed by atoms with Crippen LogP contribution in [-0.2, 0) is 11.2 Å². The Kier molecular flexibility index (Phi) is 7.60. The van der Waals surface area contributed by atoms with Crippen molar-refractivity contribution in [3.63, 3.8) is 0 Å². The summed E-state index contributed by atoms with van der Waals surface area (Å²) in [6, 6.07) is 17.1. The normalized spacial score (nSPS) is 10.4. The van der Waals surface area contributed by atoms with Gasteiger partial charge in [0.2, 0.25) is 11.0 Å². The van der Waals surface area contributed by atoms with Gasteiger partial charge >= 0.3 is 6.03 Å². The van der Waals surface area contributed by atoms with E-state index in [0.29, 0.717) is 21.7 Å². The molecule has 0 fully saturated rings. The predicted molar refractivity (Wildman–Crippen MR) is 118 cm³/mol. The van der Waals surface area contributed by atoms with Gasteiger partial charge in [0, 0.05) is 12.2 Å². The predicted octanol–water partition coefficient (Wildman–Crippen LogP) is 3.94. The number of amides is 3. The minimum absolute atomic E-state index is 0.0623. The van der Waals surface area contributed by atoms with E-state index in [1.807, 2.05) is 61.5 Å². The number of nitrogens with zero attached hydrogens (tertiary/aromatic N) is 2. The van der Waals surface area contributed by atoms with Gasteiger partial charge in [-0.2, -0.15) is 0 Å². The molecule has 0 atom stereocenters. The fourth-order valence-corrected chi connectivity index (χ4v) is 3.96. The third-order valence-electron chi connectivity index (χ3n) is 3.84. The summed E-state index contributed by atoms with van der Waals surface area (Å²) in [4.78, 5) is 24.0. The number of aryl methyl sites for hydroxylation is 1. The molecule has 0 aliphatic carbocycles. The van der Waals surface area contributed by atoms with Crippen molar-refractivity contribution in [2.45, 2.75) is 17.7 Å². The molecule has 29 heavy (non-hydrogen) atoms. The van der Waals surface area contributed by atoms with Gasteiger partial charge in [0.05, 0.1) is 5.75 Å². The molecule has 0 radical (unpaired) electrons. The molecule has 0 saturated heterocycles. The van der Waals surface area contributed by atoms with Gasteiger partial charge in [0.15, 0.2) is 4.34 Å². The van der Waals surface area contributed by atoms with E-state index in [4.69, 9.17) is 0 Å². The zero-order valence-electron chi connectivity index (χ0n) is 15.8. The lowest BCUT2D eigenvalue weighted by Gasteiger charge is -2.05. The van der Waals surface area contributed by atoms with E-state index in [0.717, 1.165) is 12.0 Å². The second kappa shape index (κ2) is 10.6. The quantitative estimate of drug-likeness (QED) is 0.374. The molecule has 0 bridgehead atoms. The van der Waals surface area contributed by atoms with E-state index in [-0.39, 0.29) is 17.7 Å². The Balaban J connectivity index is 1.37. The smallest absolute Gasteiger partial charge is 0.325 e. The SMILES string of the molecule is Cc1ccc(NC(=O)Nc2nnc(SCC(=O)NCCc3ccccc3)s2)cc1. The van der Waals surface area contributed by atoms with Gasteiger partial charge in [-0.1, -0.05) is 71.1 Å². The van der Waals surface area contributed by atoms with Crippen molar-refractivity contribution in [2.24, 2.45) is 0 Å². The van der Waals surface area contributed by atoms with Gasteiger partial charge in [-0.05, 0) is 31.0 Å². The highest BCUT2D eigenvalue weighted by Crippen LogP contribution is 2.25. The van der Waals surface area contributed by atoms with Crippen LogP contribution < -0.4 is 16.0 Å². The number of rotatable bonds is 8. The van der Waals surface area contributed by atoms with Crippen LogP contribution in [0, 0.1) is 6.92 Å². The molecule has 3 N–H and O–H groups in total. The number of hydrogen-bond acceptors (Lipinski definition) is 6. The van der Waals surface area contributed by atoms with Gasteiger partial charge < -0.3 is 10.6 Å². The van der Waals surface area contributed by atoms with Crippen LogP contribution in [0.2, 0.25) is 0 Å². The largest absolute Gasteiger partial charge is 0.355 e. The third-order valence-corrected chi connectivity index (χ3v) is 5.81. The summed E-state index contributed by atoms with van der Waals surface area (Å²) in [6.45, 7) is 2.57. The summed E-state index contributed by atoms with van der Waals surface area (Å²) >= 11 is 2.52. The zero-order valence-corrected chi connectivity index (χ0v) is 17.5. The van der Waals surface area contributed by atoms with Gasteiger partial charge in [-0.25, -0.2) is 4.79 Å². The van der Waals surface area contributed by atoms with Crippen LogP contribution in [-0.4, -0.2) is 34.4 Å². The Bertz CT molecular complexity index is 945. The van der Waals surface area contributed by atoms with E-state index in [1.54, 1.807) is 0 Å². The van der Waals surface area contributed by atoms with Crippen LogP contribution in [0.25, 0.3) is 0 Å². The van der Waals surface area contributed by atoms with E-state index in [9.17, 15) is 9.59 Å². The van der Waals surface area contributed by atoms with Crippen molar-refractivity contribution in [1.82, 2.24) is 15.5 Å². The van der Waals surface area contributed by atoms with Crippen LogP contribution in [0.15, 0.2) is 58.9 Å². The fourth-order valence-electron chi connectivity index (χ4n) is 2.38. The molecule has 0 unspecified atom stereocenters. The molecule has 1 aromatic heterocycles. The topological polar surface area (TPSA) is 96.0 Å². The Morgan fingerprint density at radius 1 is 1.00 bits per heavy atom. The first-order chi connectivity index (χ1) is 14.1. The van der Waals surface area contributed by atoms with Crippen LogP contribution in [0.5, 0.6) is 0 Å². The molecular weight excluding hydrogens is 406 g/mol. The van der Waals surface area contributed by atoms with E-state index in [1.165, 1.54) is 28.7 Å². The fraction of sp³-hybridized carbons (Fsp3) is 0.200. The first-order valence-electron chi connectivity index (χ1n) is 9.00. The highest BCUT2D eigenvalue weighted by atomic mass is 32.2. The minimum atomic E-state index is -0.389. The number of anilines is 2. The molecule has 0 saturated carbocycles. The number of nitrogens with one attached hydrogen (secondary N) is 3. The molecular formula is C20H21N5O2S2. The van der Waals surface area contributed by atoms with Gasteiger partial charge in [-0.3, -0.25) is 10.1 Å². The van der Waals surface area contributed by atoms with Gasteiger partial charge in [0.1, 0.15) is 0 Å². The number of urea groups is 1. The van der Waals surface area contributed by atoms with Crippen molar-refractivity contribution in [3.05, 3.63) is 65.7 Å². The summed E-state index contributed by atoms with van der Waals surface area (Å²) in [5.74, 6) is 0.187. The molecule has 0 spiro atoms. The van der Waals surface area contributed by atoms with Crippen LogP contribution in [0.4, 0.5) is 15.6 Å². The molecule has 1 heterocycles. The standard InChI is InChI=1S/C20H21N5O2S2/c1-14-7-9-16(10-8-14)22-18(27)23-19-24-25-20(29-19)28-13-17(26)21-12-11-15-5-3-2-4-6-15/h2-10H,11-13H2,1H3,(H,21,26)(H2,22,23,24,27). The summed E-state index contributed by atoms with van der Waals surface area (Å²) < 4.78 is 0.619. The maximum Gasteiger partial charge on any atom is 0.325 e. The number of carbonyl (C=O) groups excluding carboxylic acids is 2. The highest BCUT2D eigenvalue weighted by Gasteiger charge is 2.10. The molecule has 0 aliphatic rings. The minimum Gasteiger partial charge on any atom is -0.355 e. The Labute approximate surface area is 177 Å². The summed E-state index contributed by atoms with van der Waals surface area (Å²) in [5, 5.41) is 16.6. The molecule has 9 heteroatoms. The molecule has 2 aromatic carbocycles. The summed E-state index contributed by atoms with van der Waals surface area (Å²) in [6.07, 6.45) is 0.792. The molecule has 3 rings (SSSR count). The van der Waals surface area contributed by atoms with E-state index >= 15 is 0 Å². The van der Waals surface area contributed by atoms with Crippen molar-refractivity contribution in [1.29, 1.82) is 0 Å². The van der Waals surface area contributed by atoms with Crippen LogP contribution >= 0.6 is 23.1 Å². The van der Waals surface area contributed by atoms with Crippen LogP contribution in [0.1, 0.15) is 11.1 Å². The number of aromatic nitrogens is 2. The average molecular weight is 428 g/mol. The van der Waals surface area contributed by atoms with Crippen molar-refractivity contribution in [2.75, 3.05) is 22.9 Å². The summed E-state index contributed by atoms with van der Waals surface area (Å²) in [7, 11) is 0. The summed E-state index contributed by atoms with van der Waals surface area (Å²) in [5.41, 5.74) is 2.99. The molecule has 7 nitrogen and oxygen atoms in total. The second-order valence-electron chi connectivity index (χ2n) is 6.19. The molecule has 3 aromatic rings. The van der Waals surface area contributed by atoms with E-state index < -0.39 is 0 Å². The number of hydrogen-bond donors (Lipinski definition) is 3. The maximum atomic E-state index is 12.0. The van der Waals surface area contributed by atoms with Crippen LogP contribution in [0.3, 0.4) is 0 Å². The van der Waals surface area contributed by atoms with Gasteiger partial charge in [0.25, 0.3) is 0 Å².